The molecule has 1 aliphatic carbocycles. The molecule has 1 N–H and O–H groups in total. The van der Waals surface area contributed by atoms with E-state index < -0.39 is 10.0 Å². The van der Waals surface area contributed by atoms with E-state index in [1.807, 2.05) is 0 Å². The van der Waals surface area contributed by atoms with Crippen molar-refractivity contribution in [3.05, 3.63) is 22.7 Å². The van der Waals surface area contributed by atoms with Crippen LogP contribution in [0.5, 0.6) is 5.75 Å². The van der Waals surface area contributed by atoms with Crippen LogP contribution in [0, 0.1) is 0 Å². The summed E-state index contributed by atoms with van der Waals surface area (Å²) < 4.78 is 33.6. The molecule has 0 aliphatic heterocycles. The Morgan fingerprint density at radius 3 is 2.33 bits per heavy atom. The van der Waals surface area contributed by atoms with Gasteiger partial charge in [0.05, 0.1) is 16.5 Å². The van der Waals surface area contributed by atoms with Crippen molar-refractivity contribution in [3.8, 4) is 5.75 Å². The number of benzene rings is 1. The summed E-state index contributed by atoms with van der Waals surface area (Å²) >= 11 is 3.33. The maximum atomic E-state index is 12.5. The lowest BCUT2D eigenvalue weighted by Gasteiger charge is -2.21. The molecule has 4 nitrogen and oxygen atoms in total. The lowest BCUT2D eigenvalue weighted by molar-refractivity contribution is 0.411. The van der Waals surface area contributed by atoms with E-state index in [4.69, 9.17) is 4.74 Å². The average molecular weight is 376 g/mol. The summed E-state index contributed by atoms with van der Waals surface area (Å²) in [4.78, 5) is 0.275. The van der Waals surface area contributed by atoms with Crippen LogP contribution in [0.25, 0.3) is 0 Å². The minimum absolute atomic E-state index is 0.0520. The van der Waals surface area contributed by atoms with E-state index in [1.165, 1.54) is 19.3 Å². The lowest BCUT2D eigenvalue weighted by atomic mass is 9.97. The van der Waals surface area contributed by atoms with Crippen LogP contribution < -0.4 is 9.46 Å². The van der Waals surface area contributed by atoms with Crippen molar-refractivity contribution in [2.24, 2.45) is 0 Å². The quantitative estimate of drug-likeness (QED) is 0.869. The van der Waals surface area contributed by atoms with Crippen LogP contribution in [0.2, 0.25) is 0 Å². The van der Waals surface area contributed by atoms with E-state index in [-0.39, 0.29) is 10.9 Å². The van der Waals surface area contributed by atoms with E-state index in [1.54, 1.807) is 25.3 Å². The van der Waals surface area contributed by atoms with Crippen LogP contribution in [0.1, 0.15) is 44.9 Å². The van der Waals surface area contributed by atoms with Crippen LogP contribution in [0.3, 0.4) is 0 Å². The fourth-order valence-electron chi connectivity index (χ4n) is 2.68. The Morgan fingerprint density at radius 2 is 1.76 bits per heavy atom. The Labute approximate surface area is 135 Å². The molecule has 1 saturated carbocycles. The van der Waals surface area contributed by atoms with Crippen LogP contribution in [0.4, 0.5) is 0 Å². The number of hydrogen-bond acceptors (Lipinski definition) is 3. The molecule has 1 aromatic carbocycles. The number of sulfonamides is 1. The predicted octanol–water partition coefficient (Wildman–Crippen LogP) is 3.85. The molecule has 0 aromatic heterocycles. The Hall–Kier alpha value is -0.590. The zero-order valence-corrected chi connectivity index (χ0v) is 14.7. The van der Waals surface area contributed by atoms with E-state index in [2.05, 4.69) is 20.7 Å². The van der Waals surface area contributed by atoms with Gasteiger partial charge >= 0.3 is 0 Å². The second-order valence-corrected chi connectivity index (χ2v) is 8.03. The van der Waals surface area contributed by atoms with Gasteiger partial charge in [0, 0.05) is 6.04 Å². The molecule has 2 rings (SSSR count). The van der Waals surface area contributed by atoms with Gasteiger partial charge in [-0.15, -0.1) is 0 Å². The highest BCUT2D eigenvalue weighted by molar-refractivity contribution is 9.10. The van der Waals surface area contributed by atoms with Gasteiger partial charge in [-0.3, -0.25) is 0 Å². The Kier molecular flexibility index (Phi) is 6.08. The highest BCUT2D eigenvalue weighted by Crippen LogP contribution is 2.28. The molecule has 1 fully saturated rings. The molecule has 0 spiro atoms. The topological polar surface area (TPSA) is 55.4 Å². The first kappa shape index (κ1) is 16.8. The summed E-state index contributed by atoms with van der Waals surface area (Å²) in [7, 11) is -1.91. The molecule has 1 aliphatic rings. The van der Waals surface area contributed by atoms with Gasteiger partial charge in [-0.05, 0) is 47.0 Å². The second kappa shape index (κ2) is 7.61. The first-order valence-electron chi connectivity index (χ1n) is 7.39. The van der Waals surface area contributed by atoms with Gasteiger partial charge in [-0.1, -0.05) is 32.1 Å². The van der Waals surface area contributed by atoms with Crippen molar-refractivity contribution in [2.45, 2.75) is 55.9 Å². The SMILES string of the molecule is COc1ccc(S(=O)(=O)NC2CCCCCCC2)cc1Br. The third-order valence-corrected chi connectivity index (χ3v) is 6.00. The normalized spacial score (nSPS) is 18.0. The van der Waals surface area contributed by atoms with Crippen molar-refractivity contribution in [3.63, 3.8) is 0 Å². The minimum Gasteiger partial charge on any atom is -0.496 e. The Morgan fingerprint density at radius 1 is 1.14 bits per heavy atom. The highest BCUT2D eigenvalue weighted by Gasteiger charge is 2.21. The first-order valence-corrected chi connectivity index (χ1v) is 9.66. The maximum absolute atomic E-state index is 12.5. The van der Waals surface area contributed by atoms with Gasteiger partial charge < -0.3 is 4.74 Å². The molecule has 0 radical (unpaired) electrons. The number of nitrogens with one attached hydrogen (secondary N) is 1. The predicted molar refractivity (Wildman–Crippen MR) is 87.1 cm³/mol. The van der Waals surface area contributed by atoms with Crippen molar-refractivity contribution in [1.29, 1.82) is 0 Å². The second-order valence-electron chi connectivity index (χ2n) is 5.46. The minimum atomic E-state index is -3.47. The molecule has 0 atom stereocenters. The number of methoxy groups -OCH3 is 1. The van der Waals surface area contributed by atoms with Gasteiger partial charge in [-0.2, -0.15) is 0 Å². The summed E-state index contributed by atoms with van der Waals surface area (Å²) in [5.74, 6) is 0.625. The average Bonchev–Trinajstić information content (AvgIpc) is 2.41. The number of hydrogen-bond donors (Lipinski definition) is 1. The summed E-state index contributed by atoms with van der Waals surface area (Å²) in [5, 5.41) is 0. The van der Waals surface area contributed by atoms with E-state index in [0.29, 0.717) is 10.2 Å². The van der Waals surface area contributed by atoms with Crippen LogP contribution in [-0.4, -0.2) is 21.6 Å². The van der Waals surface area contributed by atoms with Crippen LogP contribution in [0.15, 0.2) is 27.6 Å². The van der Waals surface area contributed by atoms with Gasteiger partial charge in [0.15, 0.2) is 0 Å². The standard InChI is InChI=1S/C15H22BrNO3S/c1-20-15-10-9-13(11-14(15)16)21(18,19)17-12-7-5-3-2-4-6-8-12/h9-12,17H,2-8H2,1H3. The number of ether oxygens (including phenoxy) is 1. The number of rotatable bonds is 4. The molecule has 1 aromatic rings. The molecule has 0 heterocycles. The molecule has 6 heteroatoms. The molecule has 21 heavy (non-hydrogen) atoms. The lowest BCUT2D eigenvalue weighted by Crippen LogP contribution is -2.35. The third kappa shape index (κ3) is 4.69. The summed E-state index contributed by atoms with van der Waals surface area (Å²) in [6.45, 7) is 0. The zero-order valence-electron chi connectivity index (χ0n) is 12.3. The van der Waals surface area contributed by atoms with Gasteiger partial charge in [0.25, 0.3) is 0 Å². The molecular formula is C15H22BrNO3S. The summed E-state index contributed by atoms with van der Waals surface area (Å²) in [6, 6.07) is 4.88. The van der Waals surface area contributed by atoms with Crippen molar-refractivity contribution >= 4 is 26.0 Å². The monoisotopic (exact) mass is 375 g/mol. The van der Waals surface area contributed by atoms with E-state index in [9.17, 15) is 8.42 Å². The number of halogens is 1. The van der Waals surface area contributed by atoms with E-state index in [0.717, 1.165) is 25.7 Å². The Balaban J connectivity index is 2.11. The van der Waals surface area contributed by atoms with Gasteiger partial charge in [-0.25, -0.2) is 13.1 Å². The van der Waals surface area contributed by atoms with Crippen molar-refractivity contribution in [2.75, 3.05) is 7.11 Å². The third-order valence-electron chi connectivity index (χ3n) is 3.86. The zero-order chi connectivity index (χ0) is 15.3. The van der Waals surface area contributed by atoms with Gasteiger partial charge in [0.2, 0.25) is 10.0 Å². The molecular weight excluding hydrogens is 354 g/mol. The molecule has 0 amide bonds. The van der Waals surface area contributed by atoms with Crippen molar-refractivity contribution in [1.82, 2.24) is 4.72 Å². The summed E-state index contributed by atoms with van der Waals surface area (Å²) in [6.07, 6.45) is 7.72. The van der Waals surface area contributed by atoms with Crippen molar-refractivity contribution < 1.29 is 13.2 Å². The summed E-state index contributed by atoms with van der Waals surface area (Å²) in [5.41, 5.74) is 0. The molecule has 0 bridgehead atoms. The molecule has 0 saturated heterocycles. The van der Waals surface area contributed by atoms with Crippen LogP contribution >= 0.6 is 15.9 Å². The largest absolute Gasteiger partial charge is 0.496 e. The Bertz CT molecular complexity index is 566. The highest BCUT2D eigenvalue weighted by atomic mass is 79.9. The smallest absolute Gasteiger partial charge is 0.240 e. The van der Waals surface area contributed by atoms with E-state index >= 15 is 0 Å². The molecule has 0 unspecified atom stereocenters. The first-order chi connectivity index (χ1) is 10.0. The van der Waals surface area contributed by atoms with Gasteiger partial charge in [0.1, 0.15) is 5.75 Å². The fourth-order valence-corrected chi connectivity index (χ4v) is 4.70. The molecule has 118 valence electrons. The fraction of sp³-hybridized carbons (Fsp3) is 0.600. The van der Waals surface area contributed by atoms with Crippen LogP contribution in [-0.2, 0) is 10.0 Å². The maximum Gasteiger partial charge on any atom is 0.240 e.